The molecule has 4 aliphatic rings. The Kier molecular flexibility index (Phi) is 14.4. The summed E-state index contributed by atoms with van der Waals surface area (Å²) in [5.41, 5.74) is 0. The third kappa shape index (κ3) is 8.13. The molecule has 4 heterocycles. The molecule has 0 bridgehead atoms. The number of rotatable bonds is 10. The molecule has 21 heteroatoms. The van der Waals surface area contributed by atoms with Crippen LogP contribution in [0, 0.1) is 0 Å². The predicted molar refractivity (Wildman–Crippen MR) is 141 cm³/mol. The van der Waals surface area contributed by atoms with Gasteiger partial charge in [0.1, 0.15) is 97.7 Å². The standard InChI is InChI=1S/C24H42O21.CH4/c25-1-5-9(27)12(30)17(35)22(42-5)39-3-7-11(29)14(32)19(37)24(44-7)45-20-8(41-21(38)16(34)15(20)33)4-40-23-18(36)13(31)10(28)6(2-26)43-23;/h5-38H,1-4H2;1H4/t5?,6?,7?,8?,9-,10-,11+,12-,13-,14-,15+,16?,17?,18?,19?,20+,21+,22-,23-,24-;/m0./s1. The molecule has 4 aliphatic heterocycles. The third-order valence-corrected chi connectivity index (χ3v) is 8.17. The summed E-state index contributed by atoms with van der Waals surface area (Å²) in [7, 11) is 0. The van der Waals surface area contributed by atoms with Crippen LogP contribution in [0.1, 0.15) is 7.43 Å². The summed E-state index contributed by atoms with van der Waals surface area (Å²) in [6, 6.07) is 0. The minimum atomic E-state index is -1.99. The van der Waals surface area contributed by atoms with Crippen molar-refractivity contribution in [1.82, 2.24) is 0 Å². The molecular weight excluding hydrogens is 636 g/mol. The molecule has 0 aliphatic carbocycles. The molecule has 4 saturated heterocycles. The maximum Gasteiger partial charge on any atom is 0.187 e. The van der Waals surface area contributed by atoms with Gasteiger partial charge >= 0.3 is 0 Å². The van der Waals surface area contributed by atoms with Crippen molar-refractivity contribution in [2.75, 3.05) is 26.4 Å². The van der Waals surface area contributed by atoms with Gasteiger partial charge in [-0.3, -0.25) is 0 Å². The Morgan fingerprint density at radius 1 is 0.391 bits per heavy atom. The average molecular weight is 683 g/mol. The molecule has 0 aromatic carbocycles. The first kappa shape index (κ1) is 39.6. The Balaban J connectivity index is 0.00000576. The fourth-order valence-corrected chi connectivity index (χ4v) is 5.33. The molecule has 0 spiro atoms. The molecule has 0 aromatic heterocycles. The van der Waals surface area contributed by atoms with E-state index in [2.05, 4.69) is 0 Å². The lowest BCUT2D eigenvalue weighted by Gasteiger charge is -2.46. The Hall–Kier alpha value is -0.840. The van der Waals surface area contributed by atoms with Gasteiger partial charge in [-0.25, -0.2) is 0 Å². The second-order valence-electron chi connectivity index (χ2n) is 11.2. The van der Waals surface area contributed by atoms with Crippen molar-refractivity contribution < 1.29 is 105 Å². The lowest BCUT2D eigenvalue weighted by atomic mass is 9.96. The molecular formula is C25H46O21. The van der Waals surface area contributed by atoms with Crippen LogP contribution >= 0.6 is 0 Å². The Bertz CT molecular complexity index is 915. The second kappa shape index (κ2) is 16.7. The van der Waals surface area contributed by atoms with E-state index in [-0.39, 0.29) is 7.43 Å². The van der Waals surface area contributed by atoms with Gasteiger partial charge in [0.25, 0.3) is 0 Å². The molecule has 272 valence electrons. The van der Waals surface area contributed by atoms with Crippen molar-refractivity contribution in [2.45, 2.75) is 130 Å². The van der Waals surface area contributed by atoms with Crippen LogP contribution in [0.4, 0.5) is 0 Å². The van der Waals surface area contributed by atoms with E-state index < -0.39 is 149 Å². The molecule has 8 unspecified atom stereocenters. The van der Waals surface area contributed by atoms with Crippen molar-refractivity contribution in [1.29, 1.82) is 0 Å². The number of ether oxygens (including phenoxy) is 7. The number of hydrogen-bond acceptors (Lipinski definition) is 21. The average Bonchev–Trinajstić information content (AvgIpc) is 3.02. The zero-order chi connectivity index (χ0) is 33.3. The van der Waals surface area contributed by atoms with Gasteiger partial charge in [0.05, 0.1) is 26.4 Å². The van der Waals surface area contributed by atoms with Crippen molar-refractivity contribution in [2.24, 2.45) is 0 Å². The van der Waals surface area contributed by atoms with Crippen LogP contribution in [0.3, 0.4) is 0 Å². The zero-order valence-corrected chi connectivity index (χ0v) is 23.5. The van der Waals surface area contributed by atoms with E-state index in [1.807, 2.05) is 0 Å². The first-order valence-corrected chi connectivity index (χ1v) is 14.1. The molecule has 46 heavy (non-hydrogen) atoms. The first-order valence-electron chi connectivity index (χ1n) is 14.1. The van der Waals surface area contributed by atoms with Gasteiger partial charge in [0.15, 0.2) is 25.2 Å². The normalized spacial score (nSPS) is 51.8. The Morgan fingerprint density at radius 2 is 0.783 bits per heavy atom. The SMILES string of the molecule is C.OCC1O[C@H](OCC2O[C@@H](O[C@@H]3C(CO[C@H]4OC(CO)[C@H](O)[C@H](O)C4O)O[C@@H](O)C(O)[C@H]3O)C(O)[C@@H](O)[C@@H]2O)C(O)[C@@H](O)[C@H]1O. The van der Waals surface area contributed by atoms with Gasteiger partial charge in [0.2, 0.25) is 0 Å². The van der Waals surface area contributed by atoms with Gasteiger partial charge in [-0.1, -0.05) is 7.43 Å². The van der Waals surface area contributed by atoms with E-state index in [1.54, 1.807) is 0 Å². The molecule has 4 rings (SSSR count). The Labute approximate surface area is 261 Å². The van der Waals surface area contributed by atoms with Crippen LogP contribution in [0.2, 0.25) is 0 Å². The summed E-state index contributed by atoms with van der Waals surface area (Å²) in [4.78, 5) is 0. The molecule has 4 fully saturated rings. The largest absolute Gasteiger partial charge is 0.394 e. The van der Waals surface area contributed by atoms with Gasteiger partial charge in [-0.2, -0.15) is 0 Å². The molecule has 21 nitrogen and oxygen atoms in total. The van der Waals surface area contributed by atoms with E-state index in [0.29, 0.717) is 0 Å². The highest BCUT2D eigenvalue weighted by atomic mass is 16.8. The van der Waals surface area contributed by atoms with Crippen molar-refractivity contribution in [3.8, 4) is 0 Å². The van der Waals surface area contributed by atoms with Crippen LogP contribution in [-0.2, 0) is 33.2 Å². The van der Waals surface area contributed by atoms with Crippen molar-refractivity contribution in [3.63, 3.8) is 0 Å². The molecule has 0 amide bonds. The second-order valence-corrected chi connectivity index (χ2v) is 11.2. The highest BCUT2D eigenvalue weighted by molar-refractivity contribution is 4.95. The summed E-state index contributed by atoms with van der Waals surface area (Å²) >= 11 is 0. The van der Waals surface area contributed by atoms with E-state index >= 15 is 0 Å². The monoisotopic (exact) mass is 682 g/mol. The van der Waals surface area contributed by atoms with Gasteiger partial charge in [0, 0.05) is 0 Å². The fraction of sp³-hybridized carbons (Fsp3) is 1.00. The van der Waals surface area contributed by atoms with E-state index in [9.17, 15) is 71.5 Å². The van der Waals surface area contributed by atoms with Crippen LogP contribution in [0.25, 0.3) is 0 Å². The minimum absolute atomic E-state index is 0. The smallest absolute Gasteiger partial charge is 0.187 e. The van der Waals surface area contributed by atoms with Crippen molar-refractivity contribution in [3.05, 3.63) is 0 Å². The van der Waals surface area contributed by atoms with Crippen LogP contribution in [0.15, 0.2) is 0 Å². The first-order chi connectivity index (χ1) is 21.2. The highest BCUT2D eigenvalue weighted by Crippen LogP contribution is 2.31. The summed E-state index contributed by atoms with van der Waals surface area (Å²) in [5.74, 6) is 0. The topological polar surface area (TPSA) is 348 Å². The lowest BCUT2D eigenvalue weighted by molar-refractivity contribution is -0.368. The third-order valence-electron chi connectivity index (χ3n) is 8.17. The van der Waals surface area contributed by atoms with Crippen LogP contribution in [0.5, 0.6) is 0 Å². The minimum Gasteiger partial charge on any atom is -0.394 e. The fourth-order valence-electron chi connectivity index (χ4n) is 5.33. The van der Waals surface area contributed by atoms with Gasteiger partial charge < -0.3 is 105 Å². The van der Waals surface area contributed by atoms with Gasteiger partial charge in [-0.05, 0) is 0 Å². The summed E-state index contributed by atoms with van der Waals surface area (Å²) in [6.07, 6.45) is -34.9. The molecule has 20 atom stereocenters. The van der Waals surface area contributed by atoms with Crippen LogP contribution in [-0.4, -0.2) is 221 Å². The summed E-state index contributed by atoms with van der Waals surface area (Å²) in [5, 5.41) is 141. The summed E-state index contributed by atoms with van der Waals surface area (Å²) < 4.78 is 37.6. The van der Waals surface area contributed by atoms with Crippen molar-refractivity contribution >= 4 is 0 Å². The lowest BCUT2D eigenvalue weighted by Crippen LogP contribution is -2.65. The van der Waals surface area contributed by atoms with E-state index in [0.717, 1.165) is 0 Å². The quantitative estimate of drug-likeness (QED) is 0.102. The number of aliphatic hydroxyl groups excluding tert-OH is 14. The number of aliphatic hydroxyl groups is 14. The van der Waals surface area contributed by atoms with E-state index in [4.69, 9.17) is 33.2 Å². The highest BCUT2D eigenvalue weighted by Gasteiger charge is 2.52. The molecule has 0 aromatic rings. The van der Waals surface area contributed by atoms with Crippen LogP contribution < -0.4 is 0 Å². The molecule has 0 saturated carbocycles. The maximum absolute atomic E-state index is 10.7. The number of hydrogen-bond donors (Lipinski definition) is 14. The van der Waals surface area contributed by atoms with E-state index in [1.165, 1.54) is 0 Å². The molecule has 0 radical (unpaired) electrons. The summed E-state index contributed by atoms with van der Waals surface area (Å²) in [6.45, 7) is -2.90. The molecule has 14 N–H and O–H groups in total. The van der Waals surface area contributed by atoms with Gasteiger partial charge in [-0.15, -0.1) is 0 Å². The predicted octanol–water partition coefficient (Wildman–Crippen LogP) is -9.11. The Morgan fingerprint density at radius 3 is 1.24 bits per heavy atom. The zero-order valence-electron chi connectivity index (χ0n) is 23.5. The maximum atomic E-state index is 10.7.